The number of allylic oxidation sites excluding steroid dienone is 1. The Morgan fingerprint density at radius 2 is 1.33 bits per heavy atom. The zero-order chi connectivity index (χ0) is 30.6. The minimum Gasteiger partial charge on any atom is -0.462 e. The lowest BCUT2D eigenvalue weighted by Crippen LogP contribution is -2.48. The van der Waals surface area contributed by atoms with Crippen molar-refractivity contribution in [3.05, 3.63) is 83.9 Å². The van der Waals surface area contributed by atoms with E-state index in [0.717, 1.165) is 38.5 Å². The molecule has 0 aliphatic rings. The Morgan fingerprint density at radius 1 is 0.762 bits per heavy atom. The van der Waals surface area contributed by atoms with E-state index >= 15 is 0 Å². The highest BCUT2D eigenvalue weighted by Crippen LogP contribution is 2.36. The lowest BCUT2D eigenvalue weighted by Gasteiger charge is -2.29. The quantitative estimate of drug-likeness (QED) is 0.0495. The van der Waals surface area contributed by atoms with Crippen LogP contribution in [0.2, 0.25) is 0 Å². The molecular formula is C35H48O7. The summed E-state index contributed by atoms with van der Waals surface area (Å²) in [5.74, 6) is -2.30. The van der Waals surface area contributed by atoms with Crippen LogP contribution in [0.3, 0.4) is 0 Å². The van der Waals surface area contributed by atoms with Crippen LogP contribution in [-0.4, -0.2) is 58.3 Å². The van der Waals surface area contributed by atoms with Crippen molar-refractivity contribution >= 4 is 17.5 Å². The Balaban J connectivity index is 2.08. The summed E-state index contributed by atoms with van der Waals surface area (Å²) in [4.78, 5) is 41.6. The molecule has 0 saturated heterocycles. The topological polar surface area (TPSA) is 121 Å². The second-order valence-corrected chi connectivity index (χ2v) is 10.9. The molecule has 3 N–H and O–H groups in total. The Morgan fingerprint density at radius 3 is 1.90 bits per heavy atom. The minimum absolute atomic E-state index is 0.0391. The van der Waals surface area contributed by atoms with Gasteiger partial charge in [-0.2, -0.15) is 0 Å². The summed E-state index contributed by atoms with van der Waals surface area (Å²) in [6.45, 7) is 1.03. The molecule has 0 bridgehead atoms. The predicted molar refractivity (Wildman–Crippen MR) is 164 cm³/mol. The molecule has 2 aromatic carbocycles. The van der Waals surface area contributed by atoms with Crippen molar-refractivity contribution in [2.75, 3.05) is 13.2 Å². The molecule has 0 spiro atoms. The third kappa shape index (κ3) is 11.3. The molecule has 0 aliphatic carbocycles. The molecule has 2 aromatic rings. The van der Waals surface area contributed by atoms with Crippen LogP contribution in [-0.2, 0) is 9.53 Å². The predicted octanol–water partition coefficient (Wildman–Crippen LogP) is 6.25. The SMILES string of the molecule is CCCCCC[C@@H](O)C/C=C\CCCCCCC(C(=O)OCC(O)CO)(C(=O)c1ccccc1)C(=O)c1ccccc1. The van der Waals surface area contributed by atoms with Crippen LogP contribution in [0.1, 0.15) is 105 Å². The van der Waals surface area contributed by atoms with Gasteiger partial charge < -0.3 is 20.1 Å². The van der Waals surface area contributed by atoms with Crippen LogP contribution in [0.25, 0.3) is 0 Å². The first kappa shape index (κ1) is 35.1. The second-order valence-electron chi connectivity index (χ2n) is 10.9. The average molecular weight is 581 g/mol. The second kappa shape index (κ2) is 19.9. The Hall–Kier alpha value is -3.13. The van der Waals surface area contributed by atoms with Gasteiger partial charge in [-0.05, 0) is 32.1 Å². The third-order valence-corrected chi connectivity index (χ3v) is 7.45. The lowest BCUT2D eigenvalue weighted by atomic mass is 9.70. The van der Waals surface area contributed by atoms with Gasteiger partial charge in [0.2, 0.25) is 0 Å². The van der Waals surface area contributed by atoms with Crippen LogP contribution in [0.4, 0.5) is 0 Å². The summed E-state index contributed by atoms with van der Waals surface area (Å²) in [5, 5.41) is 29.1. The molecule has 2 atom stereocenters. The van der Waals surface area contributed by atoms with Crippen molar-refractivity contribution in [2.24, 2.45) is 5.41 Å². The maximum absolute atomic E-state index is 14.0. The van der Waals surface area contributed by atoms with Crippen molar-refractivity contribution in [2.45, 2.75) is 96.2 Å². The van der Waals surface area contributed by atoms with Gasteiger partial charge in [0.15, 0.2) is 17.0 Å². The largest absolute Gasteiger partial charge is 0.462 e. The molecule has 0 amide bonds. The standard InChI is InChI=1S/C35H48O7/c1-2-3-4-16-23-30(37)24-17-8-6-5-7-9-18-25-35(34(41)42-27-31(38)26-36,32(39)28-19-12-10-13-20-28)33(40)29-21-14-11-15-22-29/h8,10-15,17,19-22,30-31,36-38H,2-7,9,16,18,23-27H2,1H3/b17-8-/t30-,31?/m1/s1. The molecule has 2 rings (SSSR count). The highest BCUT2D eigenvalue weighted by Gasteiger charge is 2.53. The molecule has 7 nitrogen and oxygen atoms in total. The summed E-state index contributed by atoms with van der Waals surface area (Å²) in [5.41, 5.74) is -1.68. The van der Waals surface area contributed by atoms with E-state index in [0.29, 0.717) is 19.3 Å². The summed E-state index contributed by atoms with van der Waals surface area (Å²) in [7, 11) is 0. The highest BCUT2D eigenvalue weighted by molar-refractivity contribution is 6.31. The number of carbonyl (C=O) groups excluding carboxylic acids is 3. The zero-order valence-electron chi connectivity index (χ0n) is 25.0. The number of carbonyl (C=O) groups is 3. The molecule has 230 valence electrons. The van der Waals surface area contributed by atoms with Gasteiger partial charge in [0.1, 0.15) is 12.7 Å². The molecule has 0 radical (unpaired) electrons. The van der Waals surface area contributed by atoms with Crippen LogP contribution in [0, 0.1) is 5.41 Å². The van der Waals surface area contributed by atoms with Crippen LogP contribution >= 0.6 is 0 Å². The molecule has 0 heterocycles. The van der Waals surface area contributed by atoms with Gasteiger partial charge in [-0.1, -0.05) is 125 Å². The smallest absolute Gasteiger partial charge is 0.328 e. The third-order valence-electron chi connectivity index (χ3n) is 7.45. The molecular weight excluding hydrogens is 532 g/mol. The fraction of sp³-hybridized carbons (Fsp3) is 0.514. The molecule has 0 fully saturated rings. The number of benzene rings is 2. The van der Waals surface area contributed by atoms with E-state index in [1.165, 1.54) is 12.8 Å². The van der Waals surface area contributed by atoms with E-state index in [1.807, 2.05) is 6.08 Å². The van der Waals surface area contributed by atoms with Gasteiger partial charge in [0.25, 0.3) is 0 Å². The summed E-state index contributed by atoms with van der Waals surface area (Å²) in [6.07, 6.45) is 12.3. The number of aliphatic hydroxyl groups excluding tert-OH is 3. The Bertz CT molecular complexity index is 1030. The number of Topliss-reactive ketones (excluding diaryl/α,β-unsaturated/α-hetero) is 2. The molecule has 0 aromatic heterocycles. The van der Waals surface area contributed by atoms with Gasteiger partial charge in [0, 0.05) is 11.1 Å². The van der Waals surface area contributed by atoms with E-state index in [4.69, 9.17) is 4.74 Å². The fourth-order valence-electron chi connectivity index (χ4n) is 4.94. The molecule has 1 unspecified atom stereocenters. The molecule has 0 aliphatic heterocycles. The molecule has 7 heteroatoms. The van der Waals surface area contributed by atoms with E-state index < -0.39 is 42.3 Å². The van der Waals surface area contributed by atoms with E-state index in [2.05, 4.69) is 13.0 Å². The number of hydrogen-bond acceptors (Lipinski definition) is 7. The van der Waals surface area contributed by atoms with Gasteiger partial charge >= 0.3 is 5.97 Å². The van der Waals surface area contributed by atoms with Gasteiger partial charge in [0.05, 0.1) is 12.7 Å². The van der Waals surface area contributed by atoms with Crippen molar-refractivity contribution in [3.63, 3.8) is 0 Å². The van der Waals surface area contributed by atoms with Crippen LogP contribution in [0.5, 0.6) is 0 Å². The zero-order valence-corrected chi connectivity index (χ0v) is 25.0. The maximum atomic E-state index is 14.0. The minimum atomic E-state index is -2.12. The Labute approximate surface area is 250 Å². The van der Waals surface area contributed by atoms with Crippen molar-refractivity contribution in [1.29, 1.82) is 0 Å². The number of esters is 1. The fourth-order valence-corrected chi connectivity index (χ4v) is 4.94. The van der Waals surface area contributed by atoms with Gasteiger partial charge in [-0.25, -0.2) is 0 Å². The first-order valence-corrected chi connectivity index (χ1v) is 15.4. The van der Waals surface area contributed by atoms with Crippen LogP contribution in [0.15, 0.2) is 72.8 Å². The van der Waals surface area contributed by atoms with Crippen molar-refractivity contribution in [1.82, 2.24) is 0 Å². The number of unbranched alkanes of at least 4 members (excludes halogenated alkanes) is 7. The van der Waals surface area contributed by atoms with E-state index in [-0.39, 0.29) is 23.7 Å². The van der Waals surface area contributed by atoms with Crippen molar-refractivity contribution < 1.29 is 34.4 Å². The van der Waals surface area contributed by atoms with Crippen LogP contribution < -0.4 is 0 Å². The normalized spacial score (nSPS) is 13.1. The summed E-state index contributed by atoms with van der Waals surface area (Å²) < 4.78 is 5.30. The number of hydrogen-bond donors (Lipinski definition) is 3. The van der Waals surface area contributed by atoms with Gasteiger partial charge in [-0.15, -0.1) is 0 Å². The van der Waals surface area contributed by atoms with Gasteiger partial charge in [-0.3, -0.25) is 14.4 Å². The molecule has 0 saturated carbocycles. The maximum Gasteiger partial charge on any atom is 0.328 e. The lowest BCUT2D eigenvalue weighted by molar-refractivity contribution is -0.154. The highest BCUT2D eigenvalue weighted by atomic mass is 16.5. The number of ketones is 2. The number of rotatable bonds is 22. The summed E-state index contributed by atoms with van der Waals surface area (Å²) in [6, 6.07) is 16.5. The average Bonchev–Trinajstić information content (AvgIpc) is 3.03. The Kier molecular flexibility index (Phi) is 16.6. The first-order valence-electron chi connectivity index (χ1n) is 15.4. The first-order chi connectivity index (χ1) is 20.4. The van der Waals surface area contributed by atoms with Crippen molar-refractivity contribution in [3.8, 4) is 0 Å². The molecule has 42 heavy (non-hydrogen) atoms. The number of ether oxygens (including phenoxy) is 1. The monoisotopic (exact) mass is 580 g/mol. The van der Waals surface area contributed by atoms with E-state index in [1.54, 1.807) is 60.7 Å². The van der Waals surface area contributed by atoms with E-state index in [9.17, 15) is 29.7 Å². The summed E-state index contributed by atoms with van der Waals surface area (Å²) >= 11 is 0. The number of aliphatic hydroxyl groups is 3.